The van der Waals surface area contributed by atoms with Gasteiger partial charge < -0.3 is 10.5 Å². The second-order valence-corrected chi connectivity index (χ2v) is 3.94. The molecule has 19 heavy (non-hydrogen) atoms. The van der Waals surface area contributed by atoms with Crippen molar-refractivity contribution in [1.29, 1.82) is 0 Å². The number of nitrogen functional groups attached to an aromatic ring is 1. The van der Waals surface area contributed by atoms with Gasteiger partial charge in [-0.25, -0.2) is 14.1 Å². The summed E-state index contributed by atoms with van der Waals surface area (Å²) < 4.78 is 19.9. The van der Waals surface area contributed by atoms with Crippen LogP contribution in [0.1, 0.15) is 18.2 Å². The fraction of sp³-hybridized carbons (Fsp3) is 0.231. The van der Waals surface area contributed by atoms with Crippen molar-refractivity contribution in [1.82, 2.24) is 9.66 Å². The monoisotopic (exact) mass is 262 g/mol. The first-order valence-electron chi connectivity index (χ1n) is 5.88. The van der Waals surface area contributed by atoms with Gasteiger partial charge in [-0.05, 0) is 26.0 Å². The Bertz CT molecular complexity index is 607. The number of benzene rings is 1. The Kier molecular flexibility index (Phi) is 3.79. The van der Waals surface area contributed by atoms with Crippen LogP contribution in [0.15, 0.2) is 29.5 Å². The lowest BCUT2D eigenvalue weighted by molar-refractivity contribution is 0.338. The molecule has 5 nitrogen and oxygen atoms in total. The number of nitrogens with zero attached hydrogens (tertiary/aromatic N) is 3. The van der Waals surface area contributed by atoms with Gasteiger partial charge in [0.25, 0.3) is 0 Å². The van der Waals surface area contributed by atoms with Gasteiger partial charge in [-0.1, -0.05) is 0 Å². The molecule has 2 rings (SSSR count). The molecule has 0 saturated heterocycles. The van der Waals surface area contributed by atoms with Crippen molar-refractivity contribution >= 4 is 12.2 Å². The Morgan fingerprint density at radius 2 is 2.32 bits per heavy atom. The minimum atomic E-state index is -0.349. The van der Waals surface area contributed by atoms with E-state index in [1.54, 1.807) is 18.5 Å². The van der Waals surface area contributed by atoms with Crippen LogP contribution in [0.25, 0.3) is 0 Å². The Balaban J connectivity index is 2.30. The van der Waals surface area contributed by atoms with Gasteiger partial charge in [-0.15, -0.1) is 0 Å². The van der Waals surface area contributed by atoms with Crippen molar-refractivity contribution in [2.75, 3.05) is 12.3 Å². The van der Waals surface area contributed by atoms with Gasteiger partial charge >= 0.3 is 0 Å². The summed E-state index contributed by atoms with van der Waals surface area (Å²) in [7, 11) is 0. The molecule has 0 bridgehead atoms. The van der Waals surface area contributed by atoms with Gasteiger partial charge in [0.15, 0.2) is 0 Å². The fourth-order valence-corrected chi connectivity index (χ4v) is 1.62. The molecule has 0 radical (unpaired) electrons. The largest absolute Gasteiger partial charge is 0.493 e. The summed E-state index contributed by atoms with van der Waals surface area (Å²) in [6.07, 6.45) is 3.26. The predicted octanol–water partition coefficient (Wildman–Crippen LogP) is 2.19. The van der Waals surface area contributed by atoms with Crippen LogP contribution in [0, 0.1) is 12.7 Å². The molecule has 0 spiro atoms. The number of aromatic nitrogens is 2. The number of nitrogens with two attached hydrogens (primary N) is 1. The van der Waals surface area contributed by atoms with Gasteiger partial charge in [0, 0.05) is 11.6 Å². The lowest BCUT2D eigenvalue weighted by Crippen LogP contribution is -1.99. The van der Waals surface area contributed by atoms with Crippen LogP contribution in [0.2, 0.25) is 0 Å². The van der Waals surface area contributed by atoms with Crippen LogP contribution < -0.4 is 10.5 Å². The molecule has 1 aromatic carbocycles. The number of hydrogen-bond donors (Lipinski definition) is 1. The minimum Gasteiger partial charge on any atom is -0.493 e. The molecule has 2 N–H and O–H groups in total. The van der Waals surface area contributed by atoms with Gasteiger partial charge in [0.1, 0.15) is 11.6 Å². The Hall–Kier alpha value is -2.37. The molecule has 6 heteroatoms. The first-order valence-corrected chi connectivity index (χ1v) is 5.88. The summed E-state index contributed by atoms with van der Waals surface area (Å²) in [6, 6.07) is 4.28. The first-order chi connectivity index (χ1) is 9.10. The SMILES string of the molecule is CCOc1cc(F)ccc1C=Nn1cc(C)nc1N. The van der Waals surface area contributed by atoms with E-state index >= 15 is 0 Å². The molecule has 2 aromatic rings. The zero-order valence-electron chi connectivity index (χ0n) is 10.8. The van der Waals surface area contributed by atoms with Crippen LogP contribution in [0.3, 0.4) is 0 Å². The van der Waals surface area contributed by atoms with Crippen molar-refractivity contribution in [3.63, 3.8) is 0 Å². The number of halogens is 1. The average Bonchev–Trinajstić information content (AvgIpc) is 2.67. The molecular weight excluding hydrogens is 247 g/mol. The summed E-state index contributed by atoms with van der Waals surface area (Å²) in [5.41, 5.74) is 7.12. The molecule has 0 aliphatic rings. The zero-order valence-corrected chi connectivity index (χ0v) is 10.8. The zero-order chi connectivity index (χ0) is 13.8. The molecule has 0 amide bonds. The van der Waals surface area contributed by atoms with Gasteiger partial charge in [-0.3, -0.25) is 0 Å². The second-order valence-electron chi connectivity index (χ2n) is 3.94. The van der Waals surface area contributed by atoms with Gasteiger partial charge in [0.2, 0.25) is 5.95 Å². The van der Waals surface area contributed by atoms with Crippen molar-refractivity contribution in [3.05, 3.63) is 41.5 Å². The first kappa shape index (κ1) is 13.1. The van der Waals surface area contributed by atoms with E-state index in [1.807, 2.05) is 13.8 Å². The summed E-state index contributed by atoms with van der Waals surface area (Å²) in [5.74, 6) is 0.397. The summed E-state index contributed by atoms with van der Waals surface area (Å²) in [6.45, 7) is 4.12. The summed E-state index contributed by atoms with van der Waals surface area (Å²) >= 11 is 0. The molecule has 0 fully saturated rings. The van der Waals surface area contributed by atoms with E-state index in [4.69, 9.17) is 10.5 Å². The summed E-state index contributed by atoms with van der Waals surface area (Å²) in [4.78, 5) is 4.03. The Morgan fingerprint density at radius 3 is 2.95 bits per heavy atom. The summed E-state index contributed by atoms with van der Waals surface area (Å²) in [5, 5.41) is 4.17. The van der Waals surface area contributed by atoms with Crippen LogP contribution in [0.4, 0.5) is 10.3 Å². The van der Waals surface area contributed by atoms with E-state index in [2.05, 4.69) is 10.1 Å². The quantitative estimate of drug-likeness (QED) is 0.859. The maximum Gasteiger partial charge on any atom is 0.221 e. The third-order valence-corrected chi connectivity index (χ3v) is 2.43. The van der Waals surface area contributed by atoms with E-state index in [9.17, 15) is 4.39 Å². The Labute approximate surface area is 110 Å². The van der Waals surface area contributed by atoms with E-state index in [0.717, 1.165) is 5.69 Å². The highest BCUT2D eigenvalue weighted by molar-refractivity contribution is 5.83. The van der Waals surface area contributed by atoms with E-state index < -0.39 is 0 Å². The molecular formula is C13H15FN4O. The van der Waals surface area contributed by atoms with E-state index in [1.165, 1.54) is 16.8 Å². The smallest absolute Gasteiger partial charge is 0.221 e. The number of anilines is 1. The minimum absolute atomic E-state index is 0.300. The number of aryl methyl sites for hydroxylation is 1. The highest BCUT2D eigenvalue weighted by atomic mass is 19.1. The van der Waals surface area contributed by atoms with E-state index in [-0.39, 0.29) is 5.82 Å². The lowest BCUT2D eigenvalue weighted by atomic mass is 10.2. The van der Waals surface area contributed by atoms with Crippen LogP contribution in [0.5, 0.6) is 5.75 Å². The van der Waals surface area contributed by atoms with Gasteiger partial charge in [0.05, 0.1) is 24.7 Å². The standard InChI is InChI=1S/C13H15FN4O/c1-3-19-12-6-11(14)5-4-10(12)7-16-18-8-9(2)17-13(18)15/h4-8H,3H2,1-2H3,(H2,15,17). The molecule has 1 heterocycles. The number of ether oxygens (including phenoxy) is 1. The van der Waals surface area contributed by atoms with Crippen LogP contribution in [-0.4, -0.2) is 22.5 Å². The third kappa shape index (κ3) is 3.09. The topological polar surface area (TPSA) is 65.4 Å². The number of imidazole rings is 1. The van der Waals surface area contributed by atoms with Crippen LogP contribution in [-0.2, 0) is 0 Å². The van der Waals surface area contributed by atoms with Crippen molar-refractivity contribution in [2.24, 2.45) is 5.10 Å². The highest BCUT2D eigenvalue weighted by Gasteiger charge is 2.04. The number of rotatable bonds is 4. The maximum absolute atomic E-state index is 13.1. The van der Waals surface area contributed by atoms with Crippen LogP contribution >= 0.6 is 0 Å². The van der Waals surface area contributed by atoms with Crippen molar-refractivity contribution in [3.8, 4) is 5.75 Å². The Morgan fingerprint density at radius 1 is 1.53 bits per heavy atom. The molecule has 0 unspecified atom stereocenters. The second kappa shape index (κ2) is 5.51. The predicted molar refractivity (Wildman–Crippen MR) is 71.9 cm³/mol. The lowest BCUT2D eigenvalue weighted by Gasteiger charge is -2.06. The molecule has 100 valence electrons. The highest BCUT2D eigenvalue weighted by Crippen LogP contribution is 2.18. The third-order valence-electron chi connectivity index (χ3n) is 2.43. The molecule has 0 aliphatic heterocycles. The molecule has 1 aromatic heterocycles. The molecule has 0 atom stereocenters. The van der Waals surface area contributed by atoms with Crippen molar-refractivity contribution < 1.29 is 9.13 Å². The normalized spacial score (nSPS) is 11.1. The molecule has 0 aliphatic carbocycles. The van der Waals surface area contributed by atoms with Gasteiger partial charge in [-0.2, -0.15) is 5.10 Å². The fourth-order valence-electron chi connectivity index (χ4n) is 1.62. The van der Waals surface area contributed by atoms with E-state index in [0.29, 0.717) is 23.9 Å². The van der Waals surface area contributed by atoms with Crippen molar-refractivity contribution in [2.45, 2.75) is 13.8 Å². The average molecular weight is 262 g/mol. The maximum atomic E-state index is 13.1. The number of hydrogen-bond acceptors (Lipinski definition) is 4. The molecule has 0 saturated carbocycles.